The van der Waals surface area contributed by atoms with E-state index in [1.165, 1.54) is 17.4 Å². The Morgan fingerprint density at radius 3 is 2.58 bits per heavy atom. The molecule has 6 heteroatoms. The minimum absolute atomic E-state index is 0.0473. The van der Waals surface area contributed by atoms with Crippen LogP contribution in [0.1, 0.15) is 17.4 Å². The van der Waals surface area contributed by atoms with Crippen LogP contribution in [0.3, 0.4) is 0 Å². The van der Waals surface area contributed by atoms with Crippen LogP contribution < -0.4 is 4.72 Å². The third kappa shape index (κ3) is 3.40. The highest BCUT2D eigenvalue weighted by Gasteiger charge is 2.16. The zero-order valence-electron chi connectivity index (χ0n) is 10.4. The standard InChI is InChI=1S/C13H14FNO2S2/c1-2-11-7-8-13(18-11)19(16,17)15-9-10-5-3-4-6-12(10)14/h3-8,15H,2,9H2,1H3. The van der Waals surface area contributed by atoms with E-state index in [0.717, 1.165) is 11.3 Å². The number of rotatable bonds is 5. The van der Waals surface area contributed by atoms with Crippen molar-refractivity contribution in [2.45, 2.75) is 24.1 Å². The van der Waals surface area contributed by atoms with Crippen LogP contribution in [0.25, 0.3) is 0 Å². The van der Waals surface area contributed by atoms with Crippen LogP contribution >= 0.6 is 11.3 Å². The molecule has 0 spiro atoms. The summed E-state index contributed by atoms with van der Waals surface area (Å²) >= 11 is 1.23. The summed E-state index contributed by atoms with van der Waals surface area (Å²) in [6.45, 7) is 1.92. The SMILES string of the molecule is CCc1ccc(S(=O)(=O)NCc2ccccc2F)s1. The molecule has 2 rings (SSSR count). The number of hydrogen-bond acceptors (Lipinski definition) is 3. The molecule has 1 N–H and O–H groups in total. The monoisotopic (exact) mass is 299 g/mol. The summed E-state index contributed by atoms with van der Waals surface area (Å²) in [7, 11) is -3.56. The number of nitrogens with one attached hydrogen (secondary N) is 1. The van der Waals surface area contributed by atoms with Gasteiger partial charge < -0.3 is 0 Å². The van der Waals surface area contributed by atoms with Crippen LogP contribution in [0.2, 0.25) is 0 Å². The molecule has 0 unspecified atom stereocenters. The third-order valence-corrected chi connectivity index (χ3v) is 5.78. The quantitative estimate of drug-likeness (QED) is 0.922. The molecule has 1 aromatic carbocycles. The van der Waals surface area contributed by atoms with Crippen LogP contribution in [0, 0.1) is 5.82 Å². The first-order valence-electron chi connectivity index (χ1n) is 5.84. The number of thiophene rings is 1. The fourth-order valence-electron chi connectivity index (χ4n) is 1.58. The van der Waals surface area contributed by atoms with Crippen LogP contribution in [0.15, 0.2) is 40.6 Å². The summed E-state index contributed by atoms with van der Waals surface area (Å²) in [6, 6.07) is 9.48. The summed E-state index contributed by atoms with van der Waals surface area (Å²) in [4.78, 5) is 1.01. The molecular weight excluding hydrogens is 285 g/mol. The normalized spacial score (nSPS) is 11.7. The smallest absolute Gasteiger partial charge is 0.207 e. The first-order chi connectivity index (χ1) is 9.03. The number of sulfonamides is 1. The molecule has 1 aromatic heterocycles. The van der Waals surface area contributed by atoms with Gasteiger partial charge in [0.25, 0.3) is 0 Å². The van der Waals surface area contributed by atoms with Crippen LogP contribution in [0.5, 0.6) is 0 Å². The number of hydrogen-bond donors (Lipinski definition) is 1. The highest BCUT2D eigenvalue weighted by Crippen LogP contribution is 2.22. The third-order valence-electron chi connectivity index (χ3n) is 2.66. The van der Waals surface area contributed by atoms with Crippen molar-refractivity contribution in [3.05, 3.63) is 52.7 Å². The maximum absolute atomic E-state index is 13.4. The maximum atomic E-state index is 13.4. The fourth-order valence-corrected chi connectivity index (χ4v) is 3.92. The maximum Gasteiger partial charge on any atom is 0.250 e. The van der Waals surface area contributed by atoms with E-state index in [1.54, 1.807) is 30.3 Å². The van der Waals surface area contributed by atoms with Crippen molar-refractivity contribution in [1.29, 1.82) is 0 Å². The second-order valence-electron chi connectivity index (χ2n) is 3.99. The minimum Gasteiger partial charge on any atom is -0.207 e. The lowest BCUT2D eigenvalue weighted by Gasteiger charge is -2.05. The first kappa shape index (κ1) is 14.2. The Hall–Kier alpha value is -1.24. The van der Waals surface area contributed by atoms with E-state index in [-0.39, 0.29) is 10.8 Å². The lowest BCUT2D eigenvalue weighted by Crippen LogP contribution is -2.22. The van der Waals surface area contributed by atoms with Crippen molar-refractivity contribution < 1.29 is 12.8 Å². The van der Waals surface area contributed by atoms with E-state index in [2.05, 4.69) is 4.72 Å². The Morgan fingerprint density at radius 1 is 1.21 bits per heavy atom. The van der Waals surface area contributed by atoms with E-state index in [1.807, 2.05) is 6.92 Å². The Labute approximate surface area is 116 Å². The van der Waals surface area contributed by atoms with E-state index in [4.69, 9.17) is 0 Å². The summed E-state index contributed by atoms with van der Waals surface area (Å²) < 4.78 is 40.1. The van der Waals surface area contributed by atoms with E-state index in [9.17, 15) is 12.8 Å². The molecule has 0 fully saturated rings. The van der Waals surface area contributed by atoms with Crippen molar-refractivity contribution in [3.63, 3.8) is 0 Å². The molecule has 0 atom stereocenters. The summed E-state index contributed by atoms with van der Waals surface area (Å²) in [5.41, 5.74) is 0.332. The molecule has 19 heavy (non-hydrogen) atoms. The first-order valence-corrected chi connectivity index (χ1v) is 8.14. The van der Waals surface area contributed by atoms with Gasteiger partial charge in [-0.15, -0.1) is 11.3 Å². The van der Waals surface area contributed by atoms with Crippen LogP contribution in [-0.2, 0) is 23.0 Å². The zero-order valence-corrected chi connectivity index (χ0v) is 12.0. The predicted octanol–water partition coefficient (Wildman–Crippen LogP) is 2.93. The van der Waals surface area contributed by atoms with Gasteiger partial charge in [0, 0.05) is 17.0 Å². The average Bonchev–Trinajstić information content (AvgIpc) is 2.87. The molecule has 0 bridgehead atoms. The molecule has 102 valence electrons. The van der Waals surface area contributed by atoms with Crippen molar-refractivity contribution in [3.8, 4) is 0 Å². The van der Waals surface area contributed by atoms with Gasteiger partial charge in [-0.05, 0) is 24.6 Å². The van der Waals surface area contributed by atoms with Crippen molar-refractivity contribution in [2.75, 3.05) is 0 Å². The molecule has 0 aliphatic carbocycles. The molecule has 0 aliphatic rings. The molecular formula is C13H14FNO2S2. The predicted molar refractivity (Wildman–Crippen MR) is 74.1 cm³/mol. The number of aryl methyl sites for hydroxylation is 1. The summed E-state index contributed by atoms with van der Waals surface area (Å²) in [6.07, 6.45) is 0.799. The van der Waals surface area contributed by atoms with Crippen LogP contribution in [0.4, 0.5) is 4.39 Å². The molecule has 0 radical (unpaired) electrons. The fraction of sp³-hybridized carbons (Fsp3) is 0.231. The lowest BCUT2D eigenvalue weighted by atomic mass is 10.2. The second-order valence-corrected chi connectivity index (χ2v) is 7.15. The molecule has 2 aromatic rings. The summed E-state index contributed by atoms with van der Waals surface area (Å²) in [5.74, 6) is -0.411. The number of benzene rings is 1. The van der Waals surface area contributed by atoms with Gasteiger partial charge in [-0.25, -0.2) is 17.5 Å². The van der Waals surface area contributed by atoms with Gasteiger partial charge in [-0.2, -0.15) is 0 Å². The van der Waals surface area contributed by atoms with Crippen molar-refractivity contribution in [1.82, 2.24) is 4.72 Å². The summed E-state index contributed by atoms with van der Waals surface area (Å²) in [5, 5.41) is 0. The molecule has 0 saturated carbocycles. The zero-order chi connectivity index (χ0) is 13.9. The van der Waals surface area contributed by atoms with Gasteiger partial charge in [-0.1, -0.05) is 25.1 Å². The highest BCUT2D eigenvalue weighted by molar-refractivity contribution is 7.91. The Balaban J connectivity index is 2.12. The van der Waals surface area contributed by atoms with E-state index in [0.29, 0.717) is 5.56 Å². The number of halogens is 1. The Kier molecular flexibility index (Phi) is 4.34. The topological polar surface area (TPSA) is 46.2 Å². The van der Waals surface area contributed by atoms with Gasteiger partial charge in [0.1, 0.15) is 10.0 Å². The average molecular weight is 299 g/mol. The Bertz CT molecular complexity index is 665. The van der Waals surface area contributed by atoms with E-state index < -0.39 is 15.8 Å². The van der Waals surface area contributed by atoms with Gasteiger partial charge in [-0.3, -0.25) is 0 Å². The van der Waals surface area contributed by atoms with Crippen molar-refractivity contribution in [2.24, 2.45) is 0 Å². The molecule has 1 heterocycles. The largest absolute Gasteiger partial charge is 0.250 e. The molecule has 0 amide bonds. The van der Waals surface area contributed by atoms with E-state index >= 15 is 0 Å². The lowest BCUT2D eigenvalue weighted by molar-refractivity contribution is 0.576. The second kappa shape index (κ2) is 5.81. The Morgan fingerprint density at radius 2 is 1.95 bits per heavy atom. The van der Waals surface area contributed by atoms with Gasteiger partial charge >= 0.3 is 0 Å². The van der Waals surface area contributed by atoms with Crippen LogP contribution in [-0.4, -0.2) is 8.42 Å². The van der Waals surface area contributed by atoms with Gasteiger partial charge in [0.05, 0.1) is 0 Å². The molecule has 3 nitrogen and oxygen atoms in total. The van der Waals surface area contributed by atoms with Crippen molar-refractivity contribution >= 4 is 21.4 Å². The molecule has 0 saturated heterocycles. The minimum atomic E-state index is -3.56. The highest BCUT2D eigenvalue weighted by atomic mass is 32.2. The molecule has 0 aliphatic heterocycles. The van der Waals surface area contributed by atoms with Gasteiger partial charge in [0.2, 0.25) is 10.0 Å². The van der Waals surface area contributed by atoms with Gasteiger partial charge in [0.15, 0.2) is 0 Å².